The molecule has 2 amide bonds. The molecule has 8 heteroatoms. The number of likely N-dealkylation sites (N-methyl/N-ethyl adjacent to an activating group) is 1. The highest BCUT2D eigenvalue weighted by molar-refractivity contribution is 6.04. The van der Waals surface area contributed by atoms with E-state index in [-0.39, 0.29) is 18.4 Å². The molecule has 0 fully saturated rings. The fraction of sp³-hybridized carbons (Fsp3) is 0.312. The molecular weight excluding hydrogens is 310 g/mol. The molecule has 1 aliphatic heterocycles. The zero-order valence-corrected chi connectivity index (χ0v) is 13.3. The molecule has 126 valence electrons. The van der Waals surface area contributed by atoms with Crippen molar-refractivity contribution in [1.29, 1.82) is 0 Å². The van der Waals surface area contributed by atoms with Crippen LogP contribution in [-0.2, 0) is 17.8 Å². The number of rotatable bonds is 5. The summed E-state index contributed by atoms with van der Waals surface area (Å²) < 4.78 is 5.31. The smallest absolute Gasteiger partial charge is 0.276 e. The van der Waals surface area contributed by atoms with Crippen LogP contribution in [0.25, 0.3) is 0 Å². The number of carbonyl (C=O) groups is 2. The molecule has 1 aliphatic rings. The molecule has 1 aromatic carbocycles. The van der Waals surface area contributed by atoms with Gasteiger partial charge in [-0.2, -0.15) is 5.10 Å². The first-order valence-electron chi connectivity index (χ1n) is 7.69. The molecular formula is C16H19N5O3. The predicted octanol–water partition coefficient (Wildman–Crippen LogP) is 0.432. The highest BCUT2D eigenvalue weighted by Crippen LogP contribution is 2.19. The average Bonchev–Trinajstić information content (AvgIpc) is 3.05. The number of ether oxygens (including phenoxy) is 1. The zero-order chi connectivity index (χ0) is 16.9. The molecule has 0 radical (unpaired) electrons. The Hall–Kier alpha value is -2.87. The van der Waals surface area contributed by atoms with Gasteiger partial charge in [-0.05, 0) is 24.3 Å². The number of carbonyl (C=O) groups excluding carboxylic acids is 2. The number of anilines is 1. The number of H-pyrrole nitrogens is 1. The van der Waals surface area contributed by atoms with Crippen molar-refractivity contribution in [3.63, 3.8) is 0 Å². The Morgan fingerprint density at radius 3 is 2.83 bits per heavy atom. The van der Waals surface area contributed by atoms with Crippen molar-refractivity contribution in [1.82, 2.24) is 20.8 Å². The summed E-state index contributed by atoms with van der Waals surface area (Å²) in [6.45, 7) is 1.48. The van der Waals surface area contributed by atoms with Gasteiger partial charge in [0, 0.05) is 43.5 Å². The van der Waals surface area contributed by atoms with Crippen LogP contribution in [0.2, 0.25) is 0 Å². The van der Waals surface area contributed by atoms with Gasteiger partial charge in [0.2, 0.25) is 0 Å². The van der Waals surface area contributed by atoms with E-state index >= 15 is 0 Å². The third kappa shape index (κ3) is 3.54. The Labute approximate surface area is 139 Å². The summed E-state index contributed by atoms with van der Waals surface area (Å²) >= 11 is 0. The normalized spacial score (nSPS) is 13.0. The van der Waals surface area contributed by atoms with E-state index in [1.165, 1.54) is 0 Å². The molecule has 3 rings (SSSR count). The summed E-state index contributed by atoms with van der Waals surface area (Å²) in [5, 5.41) is 15.6. The molecule has 0 saturated carbocycles. The van der Waals surface area contributed by atoms with E-state index in [0.717, 1.165) is 24.2 Å². The quantitative estimate of drug-likeness (QED) is 0.636. The van der Waals surface area contributed by atoms with Crippen LogP contribution in [0.4, 0.5) is 5.69 Å². The lowest BCUT2D eigenvalue weighted by Gasteiger charge is -2.13. The van der Waals surface area contributed by atoms with Gasteiger partial charge in [-0.15, -0.1) is 0 Å². The summed E-state index contributed by atoms with van der Waals surface area (Å²) in [7, 11) is 1.55. The Kier molecular flexibility index (Phi) is 4.76. The van der Waals surface area contributed by atoms with Crippen LogP contribution in [-0.4, -0.2) is 42.2 Å². The monoisotopic (exact) mass is 329 g/mol. The molecule has 8 nitrogen and oxygen atoms in total. The van der Waals surface area contributed by atoms with Crippen LogP contribution >= 0.6 is 0 Å². The van der Waals surface area contributed by atoms with E-state index in [1.54, 1.807) is 31.3 Å². The molecule has 2 aromatic rings. The van der Waals surface area contributed by atoms with Crippen LogP contribution in [0.15, 0.2) is 24.3 Å². The van der Waals surface area contributed by atoms with Crippen LogP contribution in [0.3, 0.4) is 0 Å². The Morgan fingerprint density at radius 1 is 1.29 bits per heavy atom. The number of amides is 2. The number of hydrogen-bond donors (Lipinski definition) is 4. The van der Waals surface area contributed by atoms with E-state index in [0.29, 0.717) is 23.7 Å². The summed E-state index contributed by atoms with van der Waals surface area (Å²) in [4.78, 5) is 23.5. The SMILES string of the molecule is CNC(=O)COc1ccc(NC(=O)c2n[nH]c3c2CNCC3)cc1. The fourth-order valence-electron chi connectivity index (χ4n) is 2.46. The minimum absolute atomic E-state index is 0.0470. The fourth-order valence-corrected chi connectivity index (χ4v) is 2.46. The average molecular weight is 329 g/mol. The van der Waals surface area contributed by atoms with Crippen molar-refractivity contribution >= 4 is 17.5 Å². The van der Waals surface area contributed by atoms with Crippen LogP contribution in [0, 0.1) is 0 Å². The van der Waals surface area contributed by atoms with Gasteiger partial charge in [-0.3, -0.25) is 14.7 Å². The van der Waals surface area contributed by atoms with E-state index in [9.17, 15) is 9.59 Å². The Balaban J connectivity index is 1.62. The second kappa shape index (κ2) is 7.14. The second-order valence-corrected chi connectivity index (χ2v) is 5.40. The first kappa shape index (κ1) is 16.0. The van der Waals surface area contributed by atoms with Crippen molar-refractivity contribution in [2.75, 3.05) is 25.5 Å². The lowest BCUT2D eigenvalue weighted by atomic mass is 10.1. The maximum absolute atomic E-state index is 12.4. The highest BCUT2D eigenvalue weighted by Gasteiger charge is 2.21. The maximum atomic E-state index is 12.4. The summed E-state index contributed by atoms with van der Waals surface area (Å²) in [5.74, 6) is 0.0949. The van der Waals surface area contributed by atoms with Gasteiger partial charge in [-0.1, -0.05) is 0 Å². The molecule has 1 aromatic heterocycles. The Morgan fingerprint density at radius 2 is 2.08 bits per heavy atom. The van der Waals surface area contributed by atoms with E-state index in [1.807, 2.05) is 0 Å². The van der Waals surface area contributed by atoms with Crippen LogP contribution in [0.1, 0.15) is 21.7 Å². The van der Waals surface area contributed by atoms with Crippen LogP contribution in [0.5, 0.6) is 5.75 Å². The number of nitrogens with one attached hydrogen (secondary N) is 4. The zero-order valence-electron chi connectivity index (χ0n) is 13.3. The minimum Gasteiger partial charge on any atom is -0.484 e. The summed E-state index contributed by atoms with van der Waals surface area (Å²) in [6.07, 6.45) is 0.840. The van der Waals surface area contributed by atoms with Gasteiger partial charge in [0.05, 0.1) is 0 Å². The van der Waals surface area contributed by atoms with E-state index in [2.05, 4.69) is 26.1 Å². The molecule has 24 heavy (non-hydrogen) atoms. The number of aromatic amines is 1. The first-order valence-corrected chi connectivity index (χ1v) is 7.69. The summed E-state index contributed by atoms with van der Waals surface area (Å²) in [6, 6.07) is 6.82. The second-order valence-electron chi connectivity index (χ2n) is 5.40. The lowest BCUT2D eigenvalue weighted by Crippen LogP contribution is -2.25. The van der Waals surface area contributed by atoms with Gasteiger partial charge >= 0.3 is 0 Å². The van der Waals surface area contributed by atoms with Crippen molar-refractivity contribution in [2.24, 2.45) is 0 Å². The van der Waals surface area contributed by atoms with Crippen molar-refractivity contribution in [3.05, 3.63) is 41.2 Å². The van der Waals surface area contributed by atoms with E-state index < -0.39 is 0 Å². The number of aromatic nitrogens is 2. The highest BCUT2D eigenvalue weighted by atomic mass is 16.5. The molecule has 0 spiro atoms. The minimum atomic E-state index is -0.254. The molecule has 0 bridgehead atoms. The van der Waals surface area contributed by atoms with Crippen molar-refractivity contribution < 1.29 is 14.3 Å². The summed E-state index contributed by atoms with van der Waals surface area (Å²) in [5.41, 5.74) is 2.98. The largest absolute Gasteiger partial charge is 0.484 e. The number of nitrogens with zero attached hydrogens (tertiary/aromatic N) is 1. The van der Waals surface area contributed by atoms with Crippen molar-refractivity contribution in [2.45, 2.75) is 13.0 Å². The standard InChI is InChI=1S/C16H19N5O3/c1-17-14(22)9-24-11-4-2-10(3-5-11)19-16(23)15-12-8-18-7-6-13(12)20-21-15/h2-5,18H,6-9H2,1H3,(H,17,22)(H,19,23)(H,20,21). The van der Waals surface area contributed by atoms with Gasteiger partial charge in [0.25, 0.3) is 11.8 Å². The van der Waals surface area contributed by atoms with Crippen LogP contribution < -0.4 is 20.7 Å². The number of hydrogen-bond acceptors (Lipinski definition) is 5. The molecule has 0 unspecified atom stereocenters. The molecule has 0 aliphatic carbocycles. The first-order chi connectivity index (χ1) is 11.7. The Bertz CT molecular complexity index is 739. The number of fused-ring (bicyclic) bond motifs is 1. The van der Waals surface area contributed by atoms with Gasteiger partial charge in [0.15, 0.2) is 12.3 Å². The van der Waals surface area contributed by atoms with Gasteiger partial charge < -0.3 is 20.7 Å². The van der Waals surface area contributed by atoms with Gasteiger partial charge in [0.1, 0.15) is 5.75 Å². The number of benzene rings is 1. The van der Waals surface area contributed by atoms with E-state index in [4.69, 9.17) is 4.74 Å². The topological polar surface area (TPSA) is 108 Å². The van der Waals surface area contributed by atoms with Crippen molar-refractivity contribution in [3.8, 4) is 5.75 Å². The molecule has 0 saturated heterocycles. The molecule has 2 heterocycles. The maximum Gasteiger partial charge on any atom is 0.276 e. The third-order valence-electron chi connectivity index (χ3n) is 3.78. The molecule has 0 atom stereocenters. The predicted molar refractivity (Wildman–Crippen MR) is 88.0 cm³/mol. The lowest BCUT2D eigenvalue weighted by molar-refractivity contribution is -0.122. The molecule has 4 N–H and O–H groups in total. The third-order valence-corrected chi connectivity index (χ3v) is 3.78. The van der Waals surface area contributed by atoms with Gasteiger partial charge in [-0.25, -0.2) is 0 Å².